The standard InChI is InChI=1S/C25H28N4O4/c30-23-9-8-22(24(31)27-23)29-16-20-19(25(29)32)2-1-3-21(20)26-14-17-4-6-18(7-5-17)15-28-10-12-33-13-11-28/h1-7,22,26H,8-16H2,(H,27,30,31)/t22-/m1/s1/i4D,5D,6D,7D. The summed E-state index contributed by atoms with van der Waals surface area (Å²) in [4.78, 5) is 40.5. The van der Waals surface area contributed by atoms with Gasteiger partial charge in [-0.2, -0.15) is 0 Å². The summed E-state index contributed by atoms with van der Waals surface area (Å²) in [6, 6.07) is 4.17. The molecule has 0 saturated carbocycles. The average molecular weight is 453 g/mol. The van der Waals surface area contributed by atoms with Crippen LogP contribution in [0.1, 0.15) is 45.4 Å². The highest BCUT2D eigenvalue weighted by Gasteiger charge is 2.39. The maximum Gasteiger partial charge on any atom is 0.255 e. The van der Waals surface area contributed by atoms with Gasteiger partial charge >= 0.3 is 0 Å². The summed E-state index contributed by atoms with van der Waals surface area (Å²) >= 11 is 0. The number of anilines is 1. The minimum Gasteiger partial charge on any atom is -0.381 e. The lowest BCUT2D eigenvalue weighted by Crippen LogP contribution is -2.52. The molecule has 0 aliphatic carbocycles. The monoisotopic (exact) mass is 452 g/mol. The van der Waals surface area contributed by atoms with Crippen molar-refractivity contribution in [2.75, 3.05) is 31.6 Å². The summed E-state index contributed by atoms with van der Waals surface area (Å²) in [5.74, 6) is -1.11. The van der Waals surface area contributed by atoms with E-state index in [0.29, 0.717) is 55.2 Å². The molecule has 2 saturated heterocycles. The summed E-state index contributed by atoms with van der Waals surface area (Å²) in [5, 5.41) is 5.49. The largest absolute Gasteiger partial charge is 0.381 e. The fourth-order valence-corrected chi connectivity index (χ4v) is 4.45. The van der Waals surface area contributed by atoms with Crippen LogP contribution >= 0.6 is 0 Å². The summed E-state index contributed by atoms with van der Waals surface area (Å²) in [6.45, 7) is 3.07. The van der Waals surface area contributed by atoms with Crippen LogP contribution < -0.4 is 10.6 Å². The molecule has 3 amide bonds. The van der Waals surface area contributed by atoms with Crippen LogP contribution in [0.15, 0.2) is 42.4 Å². The molecule has 2 N–H and O–H groups in total. The van der Waals surface area contributed by atoms with Gasteiger partial charge in [-0.05, 0) is 29.7 Å². The normalized spacial score (nSPS) is 22.8. The highest BCUT2D eigenvalue weighted by molar-refractivity contribution is 6.06. The molecule has 1 atom stereocenters. The first-order chi connectivity index (χ1) is 17.8. The number of fused-ring (bicyclic) bond motifs is 1. The Bertz CT molecular complexity index is 1250. The Morgan fingerprint density at radius 1 is 1.09 bits per heavy atom. The Morgan fingerprint density at radius 2 is 1.85 bits per heavy atom. The van der Waals surface area contributed by atoms with Crippen molar-refractivity contribution in [3.8, 4) is 0 Å². The molecule has 0 spiro atoms. The van der Waals surface area contributed by atoms with Gasteiger partial charge in [0.05, 0.1) is 18.7 Å². The SMILES string of the molecule is [2H]c1c([2H])c(CN2CCOCC2)c([2H])c([2H])c1CNc1cccc2c1CN([C@@H]1CCC(=O)NC1=O)C2=O. The zero-order valence-corrected chi connectivity index (χ0v) is 18.2. The topological polar surface area (TPSA) is 91.0 Å². The molecule has 2 fully saturated rings. The molecule has 33 heavy (non-hydrogen) atoms. The molecular formula is C25H28N4O4. The molecule has 3 aliphatic heterocycles. The third kappa shape index (κ3) is 4.62. The zero-order chi connectivity index (χ0) is 26.3. The number of piperidine rings is 1. The second kappa shape index (κ2) is 9.33. The lowest BCUT2D eigenvalue weighted by molar-refractivity contribution is -0.136. The first-order valence-electron chi connectivity index (χ1n) is 13.1. The molecule has 0 bridgehead atoms. The number of imide groups is 1. The van der Waals surface area contributed by atoms with Gasteiger partial charge in [0, 0.05) is 56.0 Å². The van der Waals surface area contributed by atoms with Gasteiger partial charge < -0.3 is 15.0 Å². The number of hydrogen-bond donors (Lipinski definition) is 2. The van der Waals surface area contributed by atoms with Crippen LogP contribution in [-0.4, -0.2) is 59.9 Å². The van der Waals surface area contributed by atoms with E-state index in [1.54, 1.807) is 18.2 Å². The Hall–Kier alpha value is -3.23. The minimum atomic E-state index is -0.721. The molecule has 8 heteroatoms. The van der Waals surface area contributed by atoms with E-state index >= 15 is 0 Å². The lowest BCUT2D eigenvalue weighted by atomic mass is 10.0. The van der Waals surface area contributed by atoms with Crippen molar-refractivity contribution in [3.05, 3.63) is 64.6 Å². The average Bonchev–Trinajstić information content (AvgIpc) is 3.23. The molecule has 2 aromatic rings. The van der Waals surface area contributed by atoms with Crippen LogP contribution in [0.2, 0.25) is 0 Å². The van der Waals surface area contributed by atoms with Gasteiger partial charge in [0.25, 0.3) is 5.91 Å². The van der Waals surface area contributed by atoms with Crippen LogP contribution in [0, 0.1) is 0 Å². The van der Waals surface area contributed by atoms with E-state index < -0.39 is 11.9 Å². The van der Waals surface area contributed by atoms with Crippen LogP contribution in [0.3, 0.4) is 0 Å². The molecule has 172 valence electrons. The lowest BCUT2D eigenvalue weighted by Gasteiger charge is -2.29. The van der Waals surface area contributed by atoms with E-state index in [0.717, 1.165) is 0 Å². The van der Waals surface area contributed by atoms with Crippen molar-refractivity contribution in [2.45, 2.75) is 38.5 Å². The zero-order valence-electron chi connectivity index (χ0n) is 22.2. The van der Waals surface area contributed by atoms with Crippen molar-refractivity contribution >= 4 is 23.4 Å². The van der Waals surface area contributed by atoms with Gasteiger partial charge in [0.2, 0.25) is 11.8 Å². The molecule has 0 unspecified atom stereocenters. The van der Waals surface area contributed by atoms with Gasteiger partial charge in [0.1, 0.15) is 6.04 Å². The molecule has 5 rings (SSSR count). The Kier molecular flexibility index (Phi) is 4.88. The number of amides is 3. The predicted octanol–water partition coefficient (Wildman–Crippen LogP) is 1.89. The Morgan fingerprint density at radius 3 is 2.61 bits per heavy atom. The van der Waals surface area contributed by atoms with E-state index in [4.69, 9.17) is 10.2 Å². The quantitative estimate of drug-likeness (QED) is 0.651. The summed E-state index contributed by atoms with van der Waals surface area (Å²) in [5.41, 5.74) is 2.37. The molecular weight excluding hydrogens is 420 g/mol. The van der Waals surface area contributed by atoms with Crippen LogP contribution in [0.5, 0.6) is 0 Å². The Labute approximate surface area is 198 Å². The highest BCUT2D eigenvalue weighted by Crippen LogP contribution is 2.32. The minimum absolute atomic E-state index is 0.0380. The van der Waals surface area contributed by atoms with Crippen molar-refractivity contribution in [3.63, 3.8) is 0 Å². The number of nitrogens with one attached hydrogen (secondary N) is 2. The number of rotatable bonds is 6. The fraction of sp³-hybridized carbons (Fsp3) is 0.400. The van der Waals surface area contributed by atoms with Gasteiger partial charge in [-0.25, -0.2) is 0 Å². The van der Waals surface area contributed by atoms with Crippen molar-refractivity contribution < 1.29 is 24.6 Å². The second-order valence-electron chi connectivity index (χ2n) is 8.43. The summed E-state index contributed by atoms with van der Waals surface area (Å²) < 4.78 is 39.4. The maximum absolute atomic E-state index is 13.1. The first kappa shape index (κ1) is 17.3. The number of ether oxygens (including phenoxy) is 1. The molecule has 2 aromatic carbocycles. The predicted molar refractivity (Wildman–Crippen MR) is 122 cm³/mol. The van der Waals surface area contributed by atoms with Gasteiger partial charge in [-0.15, -0.1) is 0 Å². The molecule has 0 radical (unpaired) electrons. The number of carbonyl (C=O) groups excluding carboxylic acids is 3. The molecule has 3 heterocycles. The van der Waals surface area contributed by atoms with Crippen molar-refractivity contribution in [1.29, 1.82) is 0 Å². The number of nitrogens with zero attached hydrogens (tertiary/aromatic N) is 2. The van der Waals surface area contributed by atoms with Crippen molar-refractivity contribution in [1.82, 2.24) is 15.1 Å². The van der Waals surface area contributed by atoms with E-state index in [1.165, 1.54) is 4.90 Å². The van der Waals surface area contributed by atoms with E-state index in [2.05, 4.69) is 15.5 Å². The number of morpholine rings is 1. The molecule has 8 nitrogen and oxygen atoms in total. The number of carbonyl (C=O) groups is 3. The number of hydrogen-bond acceptors (Lipinski definition) is 6. The summed E-state index contributed by atoms with van der Waals surface area (Å²) in [7, 11) is 0. The highest BCUT2D eigenvalue weighted by atomic mass is 16.5. The van der Waals surface area contributed by atoms with E-state index in [1.807, 2.05) is 0 Å². The third-order valence-corrected chi connectivity index (χ3v) is 6.25. The van der Waals surface area contributed by atoms with E-state index in [-0.39, 0.29) is 67.5 Å². The molecule has 0 aromatic heterocycles. The molecule has 3 aliphatic rings. The second-order valence-corrected chi connectivity index (χ2v) is 8.43. The summed E-state index contributed by atoms with van der Waals surface area (Å²) in [6.07, 6.45) is 0.444. The van der Waals surface area contributed by atoms with Crippen LogP contribution in [-0.2, 0) is 34.0 Å². The van der Waals surface area contributed by atoms with Crippen molar-refractivity contribution in [2.24, 2.45) is 0 Å². The van der Waals surface area contributed by atoms with Crippen LogP contribution in [0.25, 0.3) is 0 Å². The fourth-order valence-electron chi connectivity index (χ4n) is 4.45. The first-order valence-corrected chi connectivity index (χ1v) is 11.1. The Balaban J connectivity index is 1.35. The van der Waals surface area contributed by atoms with E-state index in [9.17, 15) is 14.4 Å². The number of benzene rings is 2. The van der Waals surface area contributed by atoms with Gasteiger partial charge in [-0.3, -0.25) is 24.6 Å². The maximum atomic E-state index is 13.1. The third-order valence-electron chi connectivity index (χ3n) is 6.25. The van der Waals surface area contributed by atoms with Gasteiger partial charge in [-0.1, -0.05) is 30.2 Å². The van der Waals surface area contributed by atoms with Crippen LogP contribution in [0.4, 0.5) is 5.69 Å². The van der Waals surface area contributed by atoms with Gasteiger partial charge in [0.15, 0.2) is 0 Å². The smallest absolute Gasteiger partial charge is 0.255 e.